The minimum atomic E-state index is -0.0229. The Labute approximate surface area is 116 Å². The van der Waals surface area contributed by atoms with Gasteiger partial charge >= 0.3 is 0 Å². The van der Waals surface area contributed by atoms with Gasteiger partial charge in [-0.05, 0) is 31.4 Å². The average molecular weight is 262 g/mol. The molecule has 0 aliphatic heterocycles. The van der Waals surface area contributed by atoms with Gasteiger partial charge in [0.2, 0.25) is 5.91 Å². The fourth-order valence-corrected chi connectivity index (χ4v) is 2.22. The Balaban J connectivity index is 2.31. The third kappa shape index (κ3) is 5.88. The molecule has 0 aliphatic carbocycles. The van der Waals surface area contributed by atoms with Gasteiger partial charge in [0.15, 0.2) is 0 Å². The van der Waals surface area contributed by atoms with Crippen LogP contribution in [-0.2, 0) is 4.79 Å². The van der Waals surface area contributed by atoms with Crippen molar-refractivity contribution in [2.75, 3.05) is 13.1 Å². The lowest BCUT2D eigenvalue weighted by Gasteiger charge is -2.15. The Bertz CT molecular complexity index is 351. The fraction of sp³-hybridized carbons (Fsp3) is 0.562. The van der Waals surface area contributed by atoms with Crippen LogP contribution in [0.15, 0.2) is 30.3 Å². The zero-order valence-electron chi connectivity index (χ0n) is 11.9. The number of amides is 1. The molecule has 0 aromatic heterocycles. The largest absolute Gasteiger partial charge is 0.356 e. The van der Waals surface area contributed by atoms with Crippen molar-refractivity contribution in [3.63, 3.8) is 0 Å². The van der Waals surface area contributed by atoms with Crippen molar-refractivity contribution < 1.29 is 4.79 Å². The molecule has 1 amide bonds. The highest BCUT2D eigenvalue weighted by Gasteiger charge is 2.17. The van der Waals surface area contributed by atoms with E-state index in [-0.39, 0.29) is 11.8 Å². The molecule has 3 N–H and O–H groups in total. The molecule has 0 bridgehead atoms. The predicted octanol–water partition coefficient (Wildman–Crippen LogP) is 2.82. The second kappa shape index (κ2) is 9.56. The van der Waals surface area contributed by atoms with Crippen LogP contribution in [0, 0.1) is 0 Å². The monoisotopic (exact) mass is 262 g/mol. The van der Waals surface area contributed by atoms with Crippen LogP contribution >= 0.6 is 0 Å². The number of carbonyl (C=O) groups excluding carboxylic acids is 1. The second-order valence-electron chi connectivity index (χ2n) is 4.87. The Hall–Kier alpha value is -1.35. The van der Waals surface area contributed by atoms with E-state index in [1.165, 1.54) is 0 Å². The fourth-order valence-electron chi connectivity index (χ4n) is 2.22. The Morgan fingerprint density at radius 2 is 1.84 bits per heavy atom. The lowest BCUT2D eigenvalue weighted by atomic mass is 9.95. The summed E-state index contributed by atoms with van der Waals surface area (Å²) in [6, 6.07) is 9.99. The summed E-state index contributed by atoms with van der Waals surface area (Å²) >= 11 is 0. The number of unbranched alkanes of at least 4 members (excludes halogenated alkanes) is 3. The molecule has 1 atom stereocenters. The Morgan fingerprint density at radius 3 is 2.47 bits per heavy atom. The van der Waals surface area contributed by atoms with E-state index in [2.05, 4.69) is 12.2 Å². The summed E-state index contributed by atoms with van der Waals surface area (Å²) in [6.07, 6.45) is 5.25. The molecule has 19 heavy (non-hydrogen) atoms. The van der Waals surface area contributed by atoms with Crippen LogP contribution in [0.2, 0.25) is 0 Å². The van der Waals surface area contributed by atoms with Crippen LogP contribution in [0.1, 0.15) is 50.5 Å². The molecule has 1 rings (SSSR count). The highest BCUT2D eigenvalue weighted by molar-refractivity contribution is 5.83. The normalized spacial score (nSPS) is 12.1. The van der Waals surface area contributed by atoms with Gasteiger partial charge in [0.05, 0.1) is 5.92 Å². The smallest absolute Gasteiger partial charge is 0.227 e. The standard InChI is InChI=1S/C16H26N2O/c1-2-15(14-10-6-5-7-11-14)16(19)18-13-9-4-3-8-12-17/h5-7,10-11,15H,2-4,8-9,12-13,17H2,1H3,(H,18,19). The summed E-state index contributed by atoms with van der Waals surface area (Å²) in [5, 5.41) is 3.04. The molecule has 0 radical (unpaired) electrons. The van der Waals surface area contributed by atoms with E-state index in [1.807, 2.05) is 30.3 Å². The lowest BCUT2D eigenvalue weighted by Crippen LogP contribution is -2.30. The first-order valence-corrected chi connectivity index (χ1v) is 7.32. The first kappa shape index (κ1) is 15.7. The molecule has 1 aromatic rings. The van der Waals surface area contributed by atoms with Gasteiger partial charge in [-0.3, -0.25) is 4.79 Å². The van der Waals surface area contributed by atoms with E-state index in [1.54, 1.807) is 0 Å². The van der Waals surface area contributed by atoms with Crippen molar-refractivity contribution >= 4 is 5.91 Å². The number of hydrogen-bond acceptors (Lipinski definition) is 2. The maximum Gasteiger partial charge on any atom is 0.227 e. The highest BCUT2D eigenvalue weighted by atomic mass is 16.1. The van der Waals surface area contributed by atoms with E-state index < -0.39 is 0 Å². The van der Waals surface area contributed by atoms with Gasteiger partial charge < -0.3 is 11.1 Å². The van der Waals surface area contributed by atoms with Crippen molar-refractivity contribution in [2.24, 2.45) is 5.73 Å². The molecule has 106 valence electrons. The second-order valence-corrected chi connectivity index (χ2v) is 4.87. The van der Waals surface area contributed by atoms with E-state index in [4.69, 9.17) is 5.73 Å². The molecule has 0 spiro atoms. The van der Waals surface area contributed by atoms with Gasteiger partial charge in [-0.25, -0.2) is 0 Å². The number of nitrogens with two attached hydrogens (primary N) is 1. The summed E-state index contributed by atoms with van der Waals surface area (Å²) in [7, 11) is 0. The van der Waals surface area contributed by atoms with Crippen LogP contribution < -0.4 is 11.1 Å². The maximum atomic E-state index is 12.1. The van der Waals surface area contributed by atoms with Crippen molar-refractivity contribution in [3.05, 3.63) is 35.9 Å². The molecule has 0 heterocycles. The van der Waals surface area contributed by atoms with Crippen LogP contribution in [0.3, 0.4) is 0 Å². The van der Waals surface area contributed by atoms with Gasteiger partial charge in [-0.1, -0.05) is 50.1 Å². The van der Waals surface area contributed by atoms with E-state index in [9.17, 15) is 4.79 Å². The SMILES string of the molecule is CCC(C(=O)NCCCCCCN)c1ccccc1. The minimum absolute atomic E-state index is 0.0229. The van der Waals surface area contributed by atoms with E-state index in [0.29, 0.717) is 0 Å². The van der Waals surface area contributed by atoms with Crippen molar-refractivity contribution in [2.45, 2.75) is 44.9 Å². The summed E-state index contributed by atoms with van der Waals surface area (Å²) in [4.78, 5) is 12.1. The summed E-state index contributed by atoms with van der Waals surface area (Å²) in [5.74, 6) is 0.123. The Kier molecular flexibility index (Phi) is 7.91. The summed E-state index contributed by atoms with van der Waals surface area (Å²) in [6.45, 7) is 3.59. The molecule has 0 fully saturated rings. The molecule has 3 heteroatoms. The first-order chi connectivity index (χ1) is 9.29. The van der Waals surface area contributed by atoms with Crippen LogP contribution in [-0.4, -0.2) is 19.0 Å². The number of carbonyl (C=O) groups is 1. The van der Waals surface area contributed by atoms with Gasteiger partial charge in [-0.15, -0.1) is 0 Å². The molecule has 3 nitrogen and oxygen atoms in total. The first-order valence-electron chi connectivity index (χ1n) is 7.32. The quantitative estimate of drug-likeness (QED) is 0.672. The third-order valence-electron chi connectivity index (χ3n) is 3.36. The van der Waals surface area contributed by atoms with Crippen LogP contribution in [0.4, 0.5) is 0 Å². The van der Waals surface area contributed by atoms with Gasteiger partial charge in [0.1, 0.15) is 0 Å². The molecular formula is C16H26N2O. The van der Waals surface area contributed by atoms with Crippen LogP contribution in [0.5, 0.6) is 0 Å². The van der Waals surface area contributed by atoms with Crippen molar-refractivity contribution in [3.8, 4) is 0 Å². The number of benzene rings is 1. The van der Waals surface area contributed by atoms with Crippen molar-refractivity contribution in [1.29, 1.82) is 0 Å². The van der Waals surface area contributed by atoms with E-state index >= 15 is 0 Å². The topological polar surface area (TPSA) is 55.1 Å². The molecule has 0 saturated heterocycles. The minimum Gasteiger partial charge on any atom is -0.356 e. The lowest BCUT2D eigenvalue weighted by molar-refractivity contribution is -0.122. The Morgan fingerprint density at radius 1 is 1.16 bits per heavy atom. The van der Waals surface area contributed by atoms with Gasteiger partial charge in [-0.2, -0.15) is 0 Å². The molecule has 1 unspecified atom stereocenters. The van der Waals surface area contributed by atoms with Gasteiger partial charge in [0.25, 0.3) is 0 Å². The average Bonchev–Trinajstić information content (AvgIpc) is 2.45. The van der Waals surface area contributed by atoms with Gasteiger partial charge in [0, 0.05) is 6.54 Å². The van der Waals surface area contributed by atoms with Crippen molar-refractivity contribution in [1.82, 2.24) is 5.32 Å². The molecule has 0 saturated carbocycles. The zero-order valence-corrected chi connectivity index (χ0v) is 11.9. The van der Waals surface area contributed by atoms with E-state index in [0.717, 1.165) is 50.8 Å². The number of nitrogens with one attached hydrogen (secondary N) is 1. The molecular weight excluding hydrogens is 236 g/mol. The predicted molar refractivity (Wildman–Crippen MR) is 80.0 cm³/mol. The number of rotatable bonds is 9. The number of hydrogen-bond donors (Lipinski definition) is 2. The highest BCUT2D eigenvalue weighted by Crippen LogP contribution is 2.19. The summed E-state index contributed by atoms with van der Waals surface area (Å²) in [5.41, 5.74) is 6.55. The summed E-state index contributed by atoms with van der Waals surface area (Å²) < 4.78 is 0. The zero-order chi connectivity index (χ0) is 13.9. The third-order valence-corrected chi connectivity index (χ3v) is 3.36. The molecule has 0 aliphatic rings. The maximum absolute atomic E-state index is 12.1. The van der Waals surface area contributed by atoms with Crippen LogP contribution in [0.25, 0.3) is 0 Å². The molecule has 1 aromatic carbocycles.